The third-order valence-electron chi connectivity index (χ3n) is 4.05. The lowest BCUT2D eigenvalue weighted by Crippen LogP contribution is -2.36. The summed E-state index contributed by atoms with van der Waals surface area (Å²) in [6, 6.07) is 1.83. The number of nitrogens with two attached hydrogens (primary N) is 1. The van der Waals surface area contributed by atoms with Crippen molar-refractivity contribution in [2.24, 2.45) is 11.1 Å². The van der Waals surface area contributed by atoms with E-state index in [0.29, 0.717) is 35.4 Å². The highest BCUT2D eigenvalue weighted by Gasteiger charge is 2.28. The van der Waals surface area contributed by atoms with Crippen LogP contribution in [0.3, 0.4) is 0 Å². The SMILES string of the molecule is CC(C)(C)CN1Cc2c(cc(Cl)c3[nH]nc(C(N)=O)c23)C[CH]C1=O. The van der Waals surface area contributed by atoms with Gasteiger partial charge < -0.3 is 10.6 Å². The molecule has 2 aromatic rings. The second kappa shape index (κ2) is 5.77. The van der Waals surface area contributed by atoms with E-state index < -0.39 is 5.91 Å². The van der Waals surface area contributed by atoms with Gasteiger partial charge in [0.2, 0.25) is 5.91 Å². The topological polar surface area (TPSA) is 92.1 Å². The first kappa shape index (κ1) is 16.8. The molecule has 0 saturated carbocycles. The molecular weight excluding hydrogens is 328 g/mol. The molecule has 7 heteroatoms. The summed E-state index contributed by atoms with van der Waals surface area (Å²) in [6.07, 6.45) is 2.12. The number of nitrogens with zero attached hydrogens (tertiary/aromatic N) is 2. The molecule has 0 unspecified atom stereocenters. The summed E-state index contributed by atoms with van der Waals surface area (Å²) < 4.78 is 0. The summed E-state index contributed by atoms with van der Waals surface area (Å²) in [5, 5.41) is 7.89. The second-order valence-corrected chi connectivity index (χ2v) is 7.75. The van der Waals surface area contributed by atoms with Crippen molar-refractivity contribution in [3.05, 3.63) is 34.3 Å². The minimum absolute atomic E-state index is 0.0190. The van der Waals surface area contributed by atoms with Gasteiger partial charge in [-0.05, 0) is 29.0 Å². The van der Waals surface area contributed by atoms with E-state index in [2.05, 4.69) is 31.0 Å². The Hall–Kier alpha value is -2.08. The maximum Gasteiger partial charge on any atom is 0.269 e. The number of hydrogen-bond acceptors (Lipinski definition) is 3. The van der Waals surface area contributed by atoms with Crippen LogP contribution in [-0.2, 0) is 17.8 Å². The van der Waals surface area contributed by atoms with E-state index in [4.69, 9.17) is 17.3 Å². The van der Waals surface area contributed by atoms with Crippen LogP contribution in [0, 0.1) is 11.8 Å². The Morgan fingerprint density at radius 3 is 2.79 bits per heavy atom. The van der Waals surface area contributed by atoms with Crippen molar-refractivity contribution in [1.82, 2.24) is 15.1 Å². The largest absolute Gasteiger partial charge is 0.364 e. The molecule has 2 amide bonds. The average Bonchev–Trinajstić information content (AvgIpc) is 2.85. The predicted octanol–water partition coefficient (Wildman–Crippen LogP) is 2.45. The molecule has 0 aliphatic carbocycles. The van der Waals surface area contributed by atoms with Crippen LogP contribution in [0.4, 0.5) is 0 Å². The van der Waals surface area contributed by atoms with Crippen LogP contribution in [0.25, 0.3) is 10.9 Å². The molecule has 24 heavy (non-hydrogen) atoms. The Kier molecular flexibility index (Phi) is 4.03. The smallest absolute Gasteiger partial charge is 0.269 e. The number of H-pyrrole nitrogens is 1. The first-order chi connectivity index (χ1) is 11.2. The lowest BCUT2D eigenvalue weighted by atomic mass is 9.95. The van der Waals surface area contributed by atoms with E-state index in [1.165, 1.54) is 0 Å². The summed E-state index contributed by atoms with van der Waals surface area (Å²) in [7, 11) is 0. The van der Waals surface area contributed by atoms with Crippen LogP contribution >= 0.6 is 11.6 Å². The van der Waals surface area contributed by atoms with Crippen LogP contribution in [-0.4, -0.2) is 33.5 Å². The molecule has 3 rings (SSSR count). The Labute approximate surface area is 145 Å². The first-order valence-corrected chi connectivity index (χ1v) is 8.15. The fraction of sp³-hybridized carbons (Fsp3) is 0.412. The number of benzene rings is 1. The van der Waals surface area contributed by atoms with Gasteiger partial charge in [0.25, 0.3) is 5.91 Å². The van der Waals surface area contributed by atoms with Crippen LogP contribution in [0.2, 0.25) is 5.02 Å². The van der Waals surface area contributed by atoms with Crippen molar-refractivity contribution in [1.29, 1.82) is 0 Å². The van der Waals surface area contributed by atoms with E-state index in [9.17, 15) is 9.59 Å². The quantitative estimate of drug-likeness (QED) is 0.873. The molecule has 0 saturated heterocycles. The normalized spacial score (nSPS) is 15.5. The number of carbonyl (C=O) groups excluding carboxylic acids is 2. The van der Waals surface area contributed by atoms with E-state index >= 15 is 0 Å². The van der Waals surface area contributed by atoms with E-state index in [0.717, 1.165) is 11.1 Å². The second-order valence-electron chi connectivity index (χ2n) is 7.35. The van der Waals surface area contributed by atoms with Gasteiger partial charge in [-0.3, -0.25) is 14.7 Å². The highest BCUT2D eigenvalue weighted by atomic mass is 35.5. The van der Waals surface area contributed by atoms with Crippen molar-refractivity contribution < 1.29 is 9.59 Å². The molecule has 1 aromatic carbocycles. The number of primary amides is 1. The number of aromatic amines is 1. The summed E-state index contributed by atoms with van der Waals surface area (Å²) in [4.78, 5) is 26.0. The minimum Gasteiger partial charge on any atom is -0.364 e. The molecule has 0 bridgehead atoms. The van der Waals surface area contributed by atoms with Crippen molar-refractivity contribution >= 4 is 34.3 Å². The minimum atomic E-state index is -0.618. The fourth-order valence-electron chi connectivity index (χ4n) is 3.12. The average molecular weight is 348 g/mol. The standard InChI is InChI=1S/C17H20ClN4O2/c1-17(2,3)8-22-7-10-9(4-5-12(22)23)6-11(18)14-13(10)15(16(19)24)21-20-14/h5-6H,4,7-8H2,1-3H3,(H2,19,24)(H,20,21). The Morgan fingerprint density at radius 1 is 1.46 bits per heavy atom. The first-order valence-electron chi connectivity index (χ1n) is 7.77. The summed E-state index contributed by atoms with van der Waals surface area (Å²) in [5.41, 5.74) is 7.95. The molecule has 127 valence electrons. The summed E-state index contributed by atoms with van der Waals surface area (Å²) in [5.74, 6) is -0.637. The van der Waals surface area contributed by atoms with Crippen molar-refractivity contribution in [3.63, 3.8) is 0 Å². The van der Waals surface area contributed by atoms with Gasteiger partial charge in [-0.25, -0.2) is 0 Å². The van der Waals surface area contributed by atoms with Gasteiger partial charge in [0.1, 0.15) is 0 Å². The zero-order chi connectivity index (χ0) is 17.6. The van der Waals surface area contributed by atoms with Gasteiger partial charge in [-0.1, -0.05) is 32.4 Å². The maximum absolute atomic E-state index is 12.5. The Bertz CT molecular complexity index is 835. The molecular formula is C17H20ClN4O2. The molecule has 0 atom stereocenters. The number of aromatic nitrogens is 2. The molecule has 1 aliphatic rings. The van der Waals surface area contributed by atoms with Gasteiger partial charge in [0, 0.05) is 18.5 Å². The highest BCUT2D eigenvalue weighted by molar-refractivity contribution is 6.35. The molecule has 2 heterocycles. The van der Waals surface area contributed by atoms with Crippen LogP contribution < -0.4 is 5.73 Å². The lowest BCUT2D eigenvalue weighted by molar-refractivity contribution is -0.129. The number of fused-ring (bicyclic) bond motifs is 3. The molecule has 1 aromatic heterocycles. The van der Waals surface area contributed by atoms with Crippen molar-refractivity contribution in [2.45, 2.75) is 33.7 Å². The number of amides is 2. The number of halogens is 1. The molecule has 3 N–H and O–H groups in total. The van der Waals surface area contributed by atoms with Gasteiger partial charge in [-0.2, -0.15) is 5.10 Å². The van der Waals surface area contributed by atoms with Crippen LogP contribution in [0.5, 0.6) is 0 Å². The molecule has 0 fully saturated rings. The van der Waals surface area contributed by atoms with Crippen LogP contribution in [0.1, 0.15) is 42.4 Å². The van der Waals surface area contributed by atoms with E-state index in [-0.39, 0.29) is 17.0 Å². The van der Waals surface area contributed by atoms with E-state index in [1.54, 1.807) is 11.3 Å². The maximum atomic E-state index is 12.5. The lowest BCUT2D eigenvalue weighted by Gasteiger charge is -2.29. The Balaban J connectivity index is 2.18. The monoisotopic (exact) mass is 347 g/mol. The molecule has 1 radical (unpaired) electrons. The highest BCUT2D eigenvalue weighted by Crippen LogP contribution is 2.34. The van der Waals surface area contributed by atoms with Gasteiger partial charge in [0.15, 0.2) is 5.69 Å². The fourth-order valence-corrected chi connectivity index (χ4v) is 3.39. The van der Waals surface area contributed by atoms with Gasteiger partial charge in [-0.15, -0.1) is 0 Å². The van der Waals surface area contributed by atoms with Crippen LogP contribution in [0.15, 0.2) is 6.07 Å². The predicted molar refractivity (Wildman–Crippen MR) is 92.5 cm³/mol. The van der Waals surface area contributed by atoms with Crippen molar-refractivity contribution in [2.75, 3.05) is 6.54 Å². The number of carbonyl (C=O) groups is 2. The number of nitrogens with one attached hydrogen (secondary N) is 1. The molecule has 1 aliphatic heterocycles. The van der Waals surface area contributed by atoms with E-state index in [1.807, 2.05) is 6.07 Å². The Morgan fingerprint density at radius 2 is 2.17 bits per heavy atom. The third kappa shape index (κ3) is 2.98. The number of rotatable bonds is 2. The zero-order valence-corrected chi connectivity index (χ0v) is 14.7. The van der Waals surface area contributed by atoms with Crippen molar-refractivity contribution in [3.8, 4) is 0 Å². The summed E-state index contributed by atoms with van der Waals surface area (Å²) in [6.45, 7) is 7.24. The molecule has 0 spiro atoms. The molecule has 6 nitrogen and oxygen atoms in total. The number of hydrogen-bond donors (Lipinski definition) is 2. The van der Waals surface area contributed by atoms with Gasteiger partial charge in [0.05, 0.1) is 17.0 Å². The van der Waals surface area contributed by atoms with Gasteiger partial charge >= 0.3 is 0 Å². The zero-order valence-electron chi connectivity index (χ0n) is 13.9. The third-order valence-corrected chi connectivity index (χ3v) is 4.35. The summed E-state index contributed by atoms with van der Waals surface area (Å²) >= 11 is 6.31.